The Balaban J connectivity index is 2.06. The van der Waals surface area contributed by atoms with Gasteiger partial charge in [0.05, 0.1) is 16.9 Å². The number of aromatic nitrogens is 2. The van der Waals surface area contributed by atoms with Crippen molar-refractivity contribution in [2.24, 2.45) is 11.8 Å². The molecule has 0 N–H and O–H groups in total. The molecule has 0 radical (unpaired) electrons. The molecule has 2 atom stereocenters. The van der Waals surface area contributed by atoms with Gasteiger partial charge >= 0.3 is 0 Å². The molecule has 0 saturated heterocycles. The van der Waals surface area contributed by atoms with Crippen LogP contribution in [-0.4, -0.2) is 9.55 Å². The van der Waals surface area contributed by atoms with Crippen molar-refractivity contribution < 1.29 is 4.39 Å². The van der Waals surface area contributed by atoms with Gasteiger partial charge in [0.25, 0.3) is 0 Å². The van der Waals surface area contributed by atoms with Crippen molar-refractivity contribution in [1.82, 2.24) is 9.55 Å². The minimum absolute atomic E-state index is 0.247. The molecule has 2 aromatic rings. The first-order valence-corrected chi connectivity index (χ1v) is 6.43. The Morgan fingerprint density at radius 2 is 2.29 bits per heavy atom. The van der Waals surface area contributed by atoms with Gasteiger partial charge in [-0.2, -0.15) is 0 Å². The van der Waals surface area contributed by atoms with Crippen molar-refractivity contribution in [1.29, 1.82) is 0 Å². The molecule has 1 aliphatic rings. The predicted molar refractivity (Wildman–Crippen MR) is 66.5 cm³/mol. The number of hydrogen-bond acceptors (Lipinski definition) is 1. The molecule has 3 rings (SSSR count). The van der Waals surface area contributed by atoms with Gasteiger partial charge in [-0.25, -0.2) is 9.37 Å². The Hall–Kier alpha value is -1.09. The maximum absolute atomic E-state index is 13.1. The fraction of sp³-hybridized carbons (Fsp3) is 0.462. The number of halogens is 2. The molecule has 0 spiro atoms. The molecule has 90 valence electrons. The number of fused-ring (bicyclic) bond motifs is 1. The zero-order valence-corrected chi connectivity index (χ0v) is 10.4. The van der Waals surface area contributed by atoms with Gasteiger partial charge in [0.2, 0.25) is 0 Å². The fourth-order valence-corrected chi connectivity index (χ4v) is 2.55. The number of hydrogen-bond donors (Lipinski definition) is 0. The highest BCUT2D eigenvalue weighted by Crippen LogP contribution is 2.40. The summed E-state index contributed by atoms with van der Waals surface area (Å²) >= 11 is 5.91. The molecule has 0 amide bonds. The summed E-state index contributed by atoms with van der Waals surface area (Å²) in [5, 5.41) is 0. The number of alkyl halides is 1. The van der Waals surface area contributed by atoms with Crippen LogP contribution in [0.2, 0.25) is 0 Å². The number of rotatable bonds is 3. The summed E-state index contributed by atoms with van der Waals surface area (Å²) in [5.41, 5.74) is 1.69. The van der Waals surface area contributed by atoms with Crippen LogP contribution in [0, 0.1) is 17.7 Å². The van der Waals surface area contributed by atoms with Gasteiger partial charge in [0, 0.05) is 12.6 Å². The second-order valence-corrected chi connectivity index (χ2v) is 5.15. The lowest BCUT2D eigenvalue weighted by molar-refractivity contribution is 0.591. The van der Waals surface area contributed by atoms with E-state index in [2.05, 4.69) is 16.5 Å². The van der Waals surface area contributed by atoms with Crippen molar-refractivity contribution >= 4 is 22.6 Å². The van der Waals surface area contributed by atoms with Crippen molar-refractivity contribution in [2.75, 3.05) is 0 Å². The highest BCUT2D eigenvalue weighted by molar-refractivity contribution is 6.16. The lowest BCUT2D eigenvalue weighted by Crippen LogP contribution is -2.04. The second kappa shape index (κ2) is 3.98. The molecule has 1 fully saturated rings. The zero-order chi connectivity index (χ0) is 12.0. The van der Waals surface area contributed by atoms with Crippen LogP contribution in [0.15, 0.2) is 18.2 Å². The van der Waals surface area contributed by atoms with Crippen LogP contribution >= 0.6 is 11.6 Å². The third kappa shape index (κ3) is 1.93. The molecule has 0 aliphatic heterocycles. The van der Waals surface area contributed by atoms with E-state index in [0.29, 0.717) is 11.4 Å². The van der Waals surface area contributed by atoms with Crippen LogP contribution in [0.25, 0.3) is 11.0 Å². The summed E-state index contributed by atoms with van der Waals surface area (Å²) in [5.74, 6) is 2.47. The second-order valence-electron chi connectivity index (χ2n) is 4.88. The number of benzene rings is 1. The maximum atomic E-state index is 13.1. The number of imidazole rings is 1. The molecule has 2 unspecified atom stereocenters. The van der Waals surface area contributed by atoms with Crippen molar-refractivity contribution in [2.45, 2.75) is 25.8 Å². The third-order valence-corrected chi connectivity index (χ3v) is 3.84. The molecule has 0 bridgehead atoms. The van der Waals surface area contributed by atoms with Gasteiger partial charge in [-0.05, 0) is 30.4 Å². The standard InChI is InChI=1S/C13H14ClFN2/c1-8-4-9(8)7-17-12-3-2-10(15)5-11(12)16-13(17)6-14/h2-3,5,8-9H,4,6-7H2,1H3. The van der Waals surface area contributed by atoms with Gasteiger partial charge in [-0.15, -0.1) is 11.6 Å². The van der Waals surface area contributed by atoms with Crippen LogP contribution in [-0.2, 0) is 12.4 Å². The minimum Gasteiger partial charge on any atom is -0.327 e. The van der Waals surface area contributed by atoms with Gasteiger partial charge in [-0.1, -0.05) is 6.92 Å². The monoisotopic (exact) mass is 252 g/mol. The van der Waals surface area contributed by atoms with E-state index < -0.39 is 0 Å². The van der Waals surface area contributed by atoms with Crippen molar-refractivity contribution in [3.8, 4) is 0 Å². The van der Waals surface area contributed by atoms with E-state index in [9.17, 15) is 4.39 Å². The summed E-state index contributed by atoms with van der Waals surface area (Å²) in [4.78, 5) is 4.39. The van der Waals surface area contributed by atoms with Gasteiger partial charge in [0.15, 0.2) is 0 Å². The molecule has 17 heavy (non-hydrogen) atoms. The van der Waals surface area contributed by atoms with E-state index in [0.717, 1.165) is 29.7 Å². The first kappa shape index (κ1) is 11.0. The first-order valence-electron chi connectivity index (χ1n) is 5.89. The quantitative estimate of drug-likeness (QED) is 0.764. The largest absolute Gasteiger partial charge is 0.327 e. The summed E-state index contributed by atoms with van der Waals surface area (Å²) in [7, 11) is 0. The molecule has 4 heteroatoms. The third-order valence-electron chi connectivity index (χ3n) is 3.60. The SMILES string of the molecule is CC1CC1Cn1c(CCl)nc2cc(F)ccc21. The number of nitrogens with zero attached hydrogens (tertiary/aromatic N) is 2. The summed E-state index contributed by atoms with van der Waals surface area (Å²) in [6.45, 7) is 3.20. The Labute approximate surface area is 104 Å². The smallest absolute Gasteiger partial charge is 0.125 e. The average Bonchev–Trinajstić information content (AvgIpc) is 2.88. The van der Waals surface area contributed by atoms with Crippen LogP contribution < -0.4 is 0 Å². The zero-order valence-electron chi connectivity index (χ0n) is 9.66. The molecule has 2 nitrogen and oxygen atoms in total. The van der Waals surface area contributed by atoms with Crippen LogP contribution in [0.1, 0.15) is 19.2 Å². The summed E-state index contributed by atoms with van der Waals surface area (Å²) in [6, 6.07) is 4.74. The van der Waals surface area contributed by atoms with Crippen molar-refractivity contribution in [3.63, 3.8) is 0 Å². The molecule has 1 aliphatic carbocycles. The van der Waals surface area contributed by atoms with Crippen molar-refractivity contribution in [3.05, 3.63) is 29.8 Å². The van der Waals surface area contributed by atoms with Gasteiger partial charge in [-0.3, -0.25) is 0 Å². The Bertz CT molecular complexity index is 564. The molecule has 1 aromatic carbocycles. The molecular formula is C13H14ClFN2. The lowest BCUT2D eigenvalue weighted by Gasteiger charge is -2.06. The minimum atomic E-state index is -0.247. The Morgan fingerprint density at radius 3 is 2.94 bits per heavy atom. The van der Waals surface area contributed by atoms with E-state index >= 15 is 0 Å². The summed E-state index contributed by atoms with van der Waals surface area (Å²) < 4.78 is 15.3. The molecular weight excluding hydrogens is 239 g/mol. The molecule has 1 heterocycles. The average molecular weight is 253 g/mol. The van der Waals surface area contributed by atoms with E-state index in [1.54, 1.807) is 6.07 Å². The topological polar surface area (TPSA) is 17.8 Å². The summed E-state index contributed by atoms with van der Waals surface area (Å²) in [6.07, 6.45) is 1.27. The van der Waals surface area contributed by atoms with E-state index in [-0.39, 0.29) is 5.82 Å². The Kier molecular flexibility index (Phi) is 2.58. The normalized spacial score (nSPS) is 23.2. The predicted octanol–water partition coefficient (Wildman–Crippen LogP) is 3.57. The van der Waals surface area contributed by atoms with Crippen LogP contribution in [0.3, 0.4) is 0 Å². The highest BCUT2D eigenvalue weighted by atomic mass is 35.5. The molecule has 1 saturated carbocycles. The maximum Gasteiger partial charge on any atom is 0.125 e. The van der Waals surface area contributed by atoms with E-state index in [4.69, 9.17) is 11.6 Å². The van der Waals surface area contributed by atoms with Gasteiger partial charge in [0.1, 0.15) is 11.6 Å². The first-order chi connectivity index (χ1) is 8.19. The van der Waals surface area contributed by atoms with Gasteiger partial charge < -0.3 is 4.57 Å². The Morgan fingerprint density at radius 1 is 1.53 bits per heavy atom. The van der Waals surface area contributed by atoms with E-state index in [1.807, 2.05) is 0 Å². The van der Waals surface area contributed by atoms with E-state index in [1.165, 1.54) is 18.6 Å². The molecule has 1 aromatic heterocycles. The lowest BCUT2D eigenvalue weighted by atomic mass is 10.3. The van der Waals surface area contributed by atoms with Crippen LogP contribution in [0.5, 0.6) is 0 Å². The highest BCUT2D eigenvalue weighted by Gasteiger charge is 2.33. The van der Waals surface area contributed by atoms with Crippen LogP contribution in [0.4, 0.5) is 4.39 Å². The fourth-order valence-electron chi connectivity index (χ4n) is 2.35.